The molecule has 0 atom stereocenters. The van der Waals surface area contributed by atoms with Crippen LogP contribution >= 0.6 is 27.5 Å². The number of ether oxygens (including phenoxy) is 2. The van der Waals surface area contributed by atoms with Crippen LogP contribution in [0.5, 0.6) is 11.5 Å². The standard InChI is InChI=1S/C15H15BrClNO3/c1-20-12-4-10(2-3-19)5-13(7-12)21-9-15-14(17)6-11(16)8-18-15/h4-8,19H,2-3,9H2,1H3. The van der Waals surface area contributed by atoms with Crippen molar-refractivity contribution in [3.8, 4) is 11.5 Å². The molecule has 0 saturated carbocycles. The Labute approximate surface area is 136 Å². The van der Waals surface area contributed by atoms with E-state index in [2.05, 4.69) is 20.9 Å². The molecule has 0 aliphatic carbocycles. The minimum atomic E-state index is 0.0761. The topological polar surface area (TPSA) is 51.6 Å². The summed E-state index contributed by atoms with van der Waals surface area (Å²) in [6, 6.07) is 7.29. The van der Waals surface area contributed by atoms with Crippen molar-refractivity contribution >= 4 is 27.5 Å². The van der Waals surface area contributed by atoms with Gasteiger partial charge in [-0.3, -0.25) is 4.98 Å². The summed E-state index contributed by atoms with van der Waals surface area (Å²) in [5, 5.41) is 9.58. The molecule has 6 heteroatoms. The first-order chi connectivity index (χ1) is 10.1. The van der Waals surface area contributed by atoms with E-state index < -0.39 is 0 Å². The Hall–Kier alpha value is -1.30. The lowest BCUT2D eigenvalue weighted by molar-refractivity contribution is 0.293. The molecule has 0 spiro atoms. The Morgan fingerprint density at radius 3 is 2.67 bits per heavy atom. The zero-order valence-electron chi connectivity index (χ0n) is 11.5. The normalized spacial score (nSPS) is 10.5. The van der Waals surface area contributed by atoms with Gasteiger partial charge in [0.15, 0.2) is 0 Å². The molecule has 0 radical (unpaired) electrons. The van der Waals surface area contributed by atoms with Crippen LogP contribution in [0.1, 0.15) is 11.3 Å². The Balaban J connectivity index is 2.13. The molecule has 0 aliphatic heterocycles. The molecule has 0 bridgehead atoms. The van der Waals surface area contributed by atoms with Crippen molar-refractivity contribution in [2.24, 2.45) is 0 Å². The first-order valence-corrected chi connectivity index (χ1v) is 7.51. The highest BCUT2D eigenvalue weighted by Crippen LogP contribution is 2.25. The van der Waals surface area contributed by atoms with E-state index in [9.17, 15) is 0 Å². The maximum absolute atomic E-state index is 9.03. The van der Waals surface area contributed by atoms with Crippen LogP contribution in [0, 0.1) is 0 Å². The number of pyridine rings is 1. The number of methoxy groups -OCH3 is 1. The summed E-state index contributed by atoms with van der Waals surface area (Å²) in [5.74, 6) is 1.34. The SMILES string of the molecule is COc1cc(CCO)cc(OCc2ncc(Br)cc2Cl)c1. The molecule has 1 aromatic carbocycles. The largest absolute Gasteiger partial charge is 0.497 e. The number of aliphatic hydroxyl groups is 1. The van der Waals surface area contributed by atoms with Crippen LogP contribution in [0.2, 0.25) is 5.02 Å². The van der Waals surface area contributed by atoms with Crippen molar-refractivity contribution in [2.75, 3.05) is 13.7 Å². The summed E-state index contributed by atoms with van der Waals surface area (Å²) in [5.41, 5.74) is 1.60. The Bertz CT molecular complexity index is 622. The van der Waals surface area contributed by atoms with Crippen LogP contribution < -0.4 is 9.47 Å². The average Bonchev–Trinajstić information content (AvgIpc) is 2.46. The number of hydrogen-bond acceptors (Lipinski definition) is 4. The van der Waals surface area contributed by atoms with Gasteiger partial charge in [-0.1, -0.05) is 11.6 Å². The summed E-state index contributed by atoms with van der Waals surface area (Å²) in [4.78, 5) is 4.22. The minimum Gasteiger partial charge on any atom is -0.497 e. The van der Waals surface area contributed by atoms with Gasteiger partial charge < -0.3 is 14.6 Å². The summed E-state index contributed by atoms with van der Waals surface area (Å²) >= 11 is 9.42. The molecule has 21 heavy (non-hydrogen) atoms. The zero-order chi connectivity index (χ0) is 15.2. The van der Waals surface area contributed by atoms with E-state index in [4.69, 9.17) is 26.2 Å². The van der Waals surface area contributed by atoms with Crippen LogP contribution in [0.3, 0.4) is 0 Å². The van der Waals surface area contributed by atoms with Gasteiger partial charge in [-0.05, 0) is 46.1 Å². The third-order valence-electron chi connectivity index (χ3n) is 2.84. The minimum absolute atomic E-state index is 0.0761. The van der Waals surface area contributed by atoms with E-state index in [0.29, 0.717) is 28.6 Å². The van der Waals surface area contributed by atoms with Gasteiger partial charge in [0.05, 0.1) is 17.8 Å². The van der Waals surface area contributed by atoms with E-state index >= 15 is 0 Å². The Kier molecular flexibility index (Phi) is 5.85. The van der Waals surface area contributed by atoms with Crippen molar-refractivity contribution in [3.63, 3.8) is 0 Å². The second-order valence-electron chi connectivity index (χ2n) is 4.36. The number of benzene rings is 1. The highest BCUT2D eigenvalue weighted by atomic mass is 79.9. The first kappa shape index (κ1) is 16.1. The third kappa shape index (κ3) is 4.59. The molecule has 0 aliphatic rings. The summed E-state index contributed by atoms with van der Waals surface area (Å²) in [6.07, 6.45) is 2.22. The second kappa shape index (κ2) is 7.64. The molecular weight excluding hydrogens is 358 g/mol. The molecular formula is C15H15BrClNO3. The molecule has 112 valence electrons. The lowest BCUT2D eigenvalue weighted by Gasteiger charge is -2.11. The van der Waals surface area contributed by atoms with Crippen molar-refractivity contribution < 1.29 is 14.6 Å². The fourth-order valence-corrected chi connectivity index (χ4v) is 2.49. The summed E-state index contributed by atoms with van der Waals surface area (Å²) < 4.78 is 11.8. The summed E-state index contributed by atoms with van der Waals surface area (Å²) in [7, 11) is 1.59. The van der Waals surface area contributed by atoms with Gasteiger partial charge in [-0.25, -0.2) is 0 Å². The van der Waals surface area contributed by atoms with Crippen LogP contribution in [0.25, 0.3) is 0 Å². The predicted octanol–water partition coefficient (Wildman–Crippen LogP) is 3.62. The van der Waals surface area contributed by atoms with Crippen LogP contribution in [0.15, 0.2) is 34.9 Å². The molecule has 1 N–H and O–H groups in total. The van der Waals surface area contributed by atoms with Crippen molar-refractivity contribution in [1.29, 1.82) is 0 Å². The first-order valence-electron chi connectivity index (χ1n) is 6.34. The lowest BCUT2D eigenvalue weighted by atomic mass is 10.1. The van der Waals surface area contributed by atoms with Gasteiger partial charge >= 0.3 is 0 Å². The number of halogens is 2. The van der Waals surface area contributed by atoms with Gasteiger partial charge in [0.2, 0.25) is 0 Å². The molecule has 0 fully saturated rings. The Morgan fingerprint density at radius 1 is 1.24 bits per heavy atom. The molecule has 1 heterocycles. The number of rotatable bonds is 6. The van der Waals surface area contributed by atoms with Crippen LogP contribution in [-0.2, 0) is 13.0 Å². The molecule has 0 unspecified atom stereocenters. The van der Waals surface area contributed by atoms with Crippen molar-refractivity contribution in [1.82, 2.24) is 4.98 Å². The molecule has 2 rings (SSSR count). The molecule has 2 aromatic rings. The van der Waals surface area contributed by atoms with Gasteiger partial charge in [0.25, 0.3) is 0 Å². The monoisotopic (exact) mass is 371 g/mol. The van der Waals surface area contributed by atoms with Crippen molar-refractivity contribution in [2.45, 2.75) is 13.0 Å². The van der Waals surface area contributed by atoms with Gasteiger partial charge in [-0.2, -0.15) is 0 Å². The van der Waals surface area contributed by atoms with E-state index in [1.54, 1.807) is 25.4 Å². The lowest BCUT2D eigenvalue weighted by Crippen LogP contribution is -2.01. The van der Waals surface area contributed by atoms with E-state index in [1.165, 1.54) is 0 Å². The Morgan fingerprint density at radius 2 is 2.00 bits per heavy atom. The number of aliphatic hydroxyl groups excluding tert-OH is 1. The highest BCUT2D eigenvalue weighted by Gasteiger charge is 2.06. The fraction of sp³-hybridized carbons (Fsp3) is 0.267. The molecule has 0 amide bonds. The molecule has 1 aromatic heterocycles. The zero-order valence-corrected chi connectivity index (χ0v) is 13.8. The average molecular weight is 373 g/mol. The number of aromatic nitrogens is 1. The number of hydrogen-bond donors (Lipinski definition) is 1. The van der Waals surface area contributed by atoms with Crippen LogP contribution in [-0.4, -0.2) is 23.8 Å². The maximum Gasteiger partial charge on any atom is 0.132 e. The molecule has 0 saturated heterocycles. The van der Waals surface area contributed by atoms with E-state index in [1.807, 2.05) is 12.1 Å². The van der Waals surface area contributed by atoms with Gasteiger partial charge in [-0.15, -0.1) is 0 Å². The highest BCUT2D eigenvalue weighted by molar-refractivity contribution is 9.10. The fourth-order valence-electron chi connectivity index (χ4n) is 1.81. The predicted molar refractivity (Wildman–Crippen MR) is 85.1 cm³/mol. The smallest absolute Gasteiger partial charge is 0.132 e. The van der Waals surface area contributed by atoms with E-state index in [0.717, 1.165) is 10.0 Å². The van der Waals surface area contributed by atoms with Gasteiger partial charge in [0.1, 0.15) is 18.1 Å². The third-order valence-corrected chi connectivity index (χ3v) is 3.60. The maximum atomic E-state index is 9.03. The van der Waals surface area contributed by atoms with Crippen LogP contribution in [0.4, 0.5) is 0 Å². The summed E-state index contributed by atoms with van der Waals surface area (Å²) in [6.45, 7) is 0.338. The van der Waals surface area contributed by atoms with Gasteiger partial charge in [0, 0.05) is 23.3 Å². The van der Waals surface area contributed by atoms with Crippen molar-refractivity contribution in [3.05, 3.63) is 51.2 Å². The second-order valence-corrected chi connectivity index (χ2v) is 5.68. The quantitative estimate of drug-likeness (QED) is 0.841. The number of nitrogens with zero attached hydrogens (tertiary/aromatic N) is 1. The molecule has 4 nitrogen and oxygen atoms in total. The van der Waals surface area contributed by atoms with E-state index in [-0.39, 0.29) is 13.2 Å².